The van der Waals surface area contributed by atoms with Gasteiger partial charge < -0.3 is 11.1 Å². The van der Waals surface area contributed by atoms with Crippen molar-refractivity contribution in [2.45, 2.75) is 0 Å². The molecule has 0 aromatic heterocycles. The van der Waals surface area contributed by atoms with Crippen LogP contribution in [0.1, 0.15) is 0 Å². The Labute approximate surface area is 41.1 Å². The highest BCUT2D eigenvalue weighted by Gasteiger charge is 1.73. The van der Waals surface area contributed by atoms with Crippen LogP contribution in [0.3, 0.4) is 0 Å². The van der Waals surface area contributed by atoms with Gasteiger partial charge in [0.25, 0.3) is 0 Å². The Morgan fingerprint density at radius 3 is 2.33 bits per heavy atom. The van der Waals surface area contributed by atoms with Crippen molar-refractivity contribution < 1.29 is 0 Å². The van der Waals surface area contributed by atoms with Crippen molar-refractivity contribution in [3.05, 3.63) is 11.2 Å². The quantitative estimate of drug-likeness (QED) is 0.472. The first-order valence-corrected chi connectivity index (χ1v) is 1.77. The Morgan fingerprint density at radius 1 is 1.83 bits per heavy atom. The first kappa shape index (κ1) is 5.50. The molecule has 0 aliphatic rings. The zero-order valence-corrected chi connectivity index (χ0v) is 3.87. The van der Waals surface area contributed by atoms with E-state index in [0.717, 1.165) is 12.4 Å². The van der Waals surface area contributed by atoms with Gasteiger partial charge in [-0.15, -0.1) is 0 Å². The zero-order chi connectivity index (χ0) is 4.99. The molecule has 0 unspecified atom stereocenters. The molecule has 3 N–H and O–H groups in total. The maximum atomic E-state index is 6.40. The van der Waals surface area contributed by atoms with Gasteiger partial charge in [0.15, 0.2) is 0 Å². The highest BCUT2D eigenvalue weighted by Crippen LogP contribution is 1.89. The maximum Gasteiger partial charge on any atom is 0.0736 e. The second-order valence-electron chi connectivity index (χ2n) is 0.696. The average molecular weight is 105 g/mol. The van der Waals surface area contributed by atoms with E-state index in [0.29, 0.717) is 0 Å². The molecule has 0 aromatic carbocycles. The van der Waals surface area contributed by atoms with Gasteiger partial charge in [0.05, 0.1) is 5.03 Å². The van der Waals surface area contributed by atoms with Crippen LogP contribution in [0.5, 0.6) is 0 Å². The number of hydrogen-bond donors (Lipinski definition) is 2. The molecule has 3 heteroatoms. The lowest BCUT2D eigenvalue weighted by atomic mass is 10.7. The van der Waals surface area contributed by atoms with Gasteiger partial charge in [-0.1, -0.05) is 11.6 Å². The third-order valence-electron chi connectivity index (χ3n) is 0.297. The van der Waals surface area contributed by atoms with Crippen LogP contribution in [-0.2, 0) is 0 Å². The van der Waals surface area contributed by atoms with Crippen LogP contribution in [-0.4, -0.2) is 6.21 Å². The van der Waals surface area contributed by atoms with Gasteiger partial charge in [0.1, 0.15) is 0 Å². The highest BCUT2D eigenvalue weighted by atomic mass is 35.5. The molecular formula is C3H5ClN2. The first-order valence-electron chi connectivity index (χ1n) is 1.39. The van der Waals surface area contributed by atoms with Crippen molar-refractivity contribution in [2.24, 2.45) is 5.73 Å². The monoisotopic (exact) mass is 104 g/mol. The summed E-state index contributed by atoms with van der Waals surface area (Å²) >= 11 is 5.14. The molecule has 0 fully saturated rings. The summed E-state index contributed by atoms with van der Waals surface area (Å²) in [6, 6.07) is 0. The normalized spacial score (nSPS) is 11.2. The molecular weight excluding hydrogens is 99.5 g/mol. The smallest absolute Gasteiger partial charge is 0.0736 e. The third kappa shape index (κ3) is 1.79. The van der Waals surface area contributed by atoms with E-state index in [1.807, 2.05) is 0 Å². The van der Waals surface area contributed by atoms with E-state index in [1.54, 1.807) is 0 Å². The lowest BCUT2D eigenvalue weighted by molar-refractivity contribution is 1.54. The fourth-order valence-electron chi connectivity index (χ4n) is 0.0481. The number of nitrogens with one attached hydrogen (secondary N) is 1. The minimum absolute atomic E-state index is 0.259. The molecule has 34 valence electrons. The molecule has 6 heavy (non-hydrogen) atoms. The average Bonchev–Trinajstić information content (AvgIpc) is 1.65. The Morgan fingerprint density at radius 2 is 2.33 bits per heavy atom. The third-order valence-corrected chi connectivity index (χ3v) is 0.532. The summed E-state index contributed by atoms with van der Waals surface area (Å²) in [6.45, 7) is 0. The molecule has 0 amide bonds. The number of allylic oxidation sites excluding steroid dienone is 1. The highest BCUT2D eigenvalue weighted by molar-refractivity contribution is 6.38. The second-order valence-corrected chi connectivity index (χ2v) is 1.13. The van der Waals surface area contributed by atoms with Crippen molar-refractivity contribution in [1.82, 2.24) is 0 Å². The van der Waals surface area contributed by atoms with E-state index in [4.69, 9.17) is 22.7 Å². The zero-order valence-electron chi connectivity index (χ0n) is 3.11. The summed E-state index contributed by atoms with van der Waals surface area (Å²) in [4.78, 5) is 0. The van der Waals surface area contributed by atoms with E-state index in [1.165, 1.54) is 0 Å². The van der Waals surface area contributed by atoms with Gasteiger partial charge in [0, 0.05) is 12.4 Å². The lowest BCUT2D eigenvalue weighted by Crippen LogP contribution is -1.80. The Balaban J connectivity index is 3.50. The van der Waals surface area contributed by atoms with E-state index in [2.05, 4.69) is 0 Å². The van der Waals surface area contributed by atoms with Gasteiger partial charge in [-0.3, -0.25) is 0 Å². The van der Waals surface area contributed by atoms with Crippen LogP contribution in [0.2, 0.25) is 0 Å². The number of halogens is 1. The SMILES string of the molecule is N=C/C(Cl)=C/N. The molecule has 0 saturated heterocycles. The molecule has 0 heterocycles. The minimum atomic E-state index is 0.259. The molecule has 2 nitrogen and oxygen atoms in total. The van der Waals surface area contributed by atoms with Crippen LogP contribution in [0.15, 0.2) is 11.2 Å². The van der Waals surface area contributed by atoms with E-state index in [9.17, 15) is 0 Å². The van der Waals surface area contributed by atoms with Crippen LogP contribution in [0.25, 0.3) is 0 Å². The predicted molar refractivity (Wildman–Crippen MR) is 26.9 cm³/mol. The molecule has 0 spiro atoms. The number of nitrogens with two attached hydrogens (primary N) is 1. The standard InChI is InChI=1S/C3H5ClN2/c4-3(1-5)2-6/h1-2,5H,6H2/b3-2-,5-1?. The van der Waals surface area contributed by atoms with Crippen molar-refractivity contribution in [2.75, 3.05) is 0 Å². The molecule has 0 aliphatic heterocycles. The summed E-state index contributed by atoms with van der Waals surface area (Å²) in [6.07, 6.45) is 2.14. The molecule has 0 aliphatic carbocycles. The summed E-state index contributed by atoms with van der Waals surface area (Å²) in [7, 11) is 0. The van der Waals surface area contributed by atoms with Gasteiger partial charge in [0.2, 0.25) is 0 Å². The van der Waals surface area contributed by atoms with Crippen LogP contribution in [0.4, 0.5) is 0 Å². The molecule has 0 atom stereocenters. The predicted octanol–water partition coefficient (Wildman–Crippen LogP) is 0.675. The fourth-order valence-corrected chi connectivity index (χ4v) is 0.0481. The molecule has 0 saturated carbocycles. The van der Waals surface area contributed by atoms with Gasteiger partial charge >= 0.3 is 0 Å². The van der Waals surface area contributed by atoms with Crippen molar-refractivity contribution in [3.8, 4) is 0 Å². The summed E-state index contributed by atoms with van der Waals surface area (Å²) in [5.74, 6) is 0. The maximum absolute atomic E-state index is 6.40. The Kier molecular flexibility index (Phi) is 2.50. The van der Waals surface area contributed by atoms with E-state index < -0.39 is 0 Å². The van der Waals surface area contributed by atoms with Crippen molar-refractivity contribution in [1.29, 1.82) is 5.41 Å². The van der Waals surface area contributed by atoms with E-state index >= 15 is 0 Å². The first-order chi connectivity index (χ1) is 2.81. The molecule has 0 rings (SSSR count). The van der Waals surface area contributed by atoms with Crippen LogP contribution < -0.4 is 5.73 Å². The van der Waals surface area contributed by atoms with Crippen molar-refractivity contribution >= 4 is 17.8 Å². The Hall–Kier alpha value is -0.500. The number of hydrogen-bond acceptors (Lipinski definition) is 2. The summed E-state index contributed by atoms with van der Waals surface area (Å²) in [5.41, 5.74) is 4.84. The summed E-state index contributed by atoms with van der Waals surface area (Å²) < 4.78 is 0. The van der Waals surface area contributed by atoms with Crippen LogP contribution in [0, 0.1) is 5.41 Å². The van der Waals surface area contributed by atoms with E-state index in [-0.39, 0.29) is 5.03 Å². The largest absolute Gasteiger partial charge is 0.403 e. The van der Waals surface area contributed by atoms with Gasteiger partial charge in [-0.2, -0.15) is 0 Å². The topological polar surface area (TPSA) is 49.9 Å². The second kappa shape index (κ2) is 2.72. The fraction of sp³-hybridized carbons (Fsp3) is 0. The lowest BCUT2D eigenvalue weighted by Gasteiger charge is -1.73. The van der Waals surface area contributed by atoms with Crippen molar-refractivity contribution in [3.63, 3.8) is 0 Å². The number of rotatable bonds is 1. The van der Waals surface area contributed by atoms with Gasteiger partial charge in [-0.25, -0.2) is 0 Å². The molecule has 0 radical (unpaired) electrons. The van der Waals surface area contributed by atoms with Crippen LogP contribution >= 0.6 is 11.6 Å². The summed E-state index contributed by atoms with van der Waals surface area (Å²) in [5, 5.41) is 6.66. The van der Waals surface area contributed by atoms with Gasteiger partial charge in [-0.05, 0) is 0 Å². The Bertz CT molecular complexity index is 76.9. The molecule has 0 aromatic rings. The molecule has 0 bridgehead atoms. The minimum Gasteiger partial charge on any atom is -0.403 e.